The number of carbonyl (C=O) groups excluding carboxylic acids is 3. The molecule has 3 aliphatic rings. The molecular formula is C22H29N3O4. The van der Waals surface area contributed by atoms with Crippen molar-refractivity contribution >= 4 is 17.9 Å². The lowest BCUT2D eigenvalue weighted by Gasteiger charge is -2.43. The highest BCUT2D eigenvalue weighted by Crippen LogP contribution is 2.36. The molecule has 1 aromatic rings. The highest BCUT2D eigenvalue weighted by atomic mass is 16.6. The Hall–Kier alpha value is -2.57. The van der Waals surface area contributed by atoms with Crippen molar-refractivity contribution in [2.24, 2.45) is 5.92 Å². The fourth-order valence-corrected chi connectivity index (χ4v) is 4.61. The number of hydrogen-bond donors (Lipinski definition) is 1. The first kappa shape index (κ1) is 19.7. The van der Waals surface area contributed by atoms with Crippen molar-refractivity contribution in [1.82, 2.24) is 15.1 Å². The first-order chi connectivity index (χ1) is 13.7. The van der Waals surface area contributed by atoms with Crippen LogP contribution in [0, 0.1) is 5.92 Å². The lowest BCUT2D eigenvalue weighted by atomic mass is 9.84. The third-order valence-electron chi connectivity index (χ3n) is 6.01. The van der Waals surface area contributed by atoms with Gasteiger partial charge >= 0.3 is 6.09 Å². The Morgan fingerprint density at radius 3 is 2.55 bits per heavy atom. The number of hydrogen-bond acceptors (Lipinski definition) is 4. The summed E-state index contributed by atoms with van der Waals surface area (Å²) in [4.78, 5) is 41.5. The van der Waals surface area contributed by atoms with Gasteiger partial charge in [0.25, 0.3) is 5.91 Å². The monoisotopic (exact) mass is 399 g/mol. The van der Waals surface area contributed by atoms with E-state index in [1.165, 1.54) is 5.56 Å². The van der Waals surface area contributed by atoms with E-state index < -0.39 is 5.60 Å². The number of likely N-dealkylation sites (tertiary alicyclic amines) is 1. The molecule has 1 saturated heterocycles. The zero-order chi connectivity index (χ0) is 20.8. The number of rotatable bonds is 1. The molecule has 7 heteroatoms. The van der Waals surface area contributed by atoms with Crippen molar-refractivity contribution in [1.29, 1.82) is 0 Å². The van der Waals surface area contributed by atoms with Crippen molar-refractivity contribution in [3.8, 4) is 0 Å². The second-order valence-corrected chi connectivity index (χ2v) is 9.13. The largest absolute Gasteiger partial charge is 0.444 e. The first-order valence-corrected chi connectivity index (χ1v) is 10.4. The van der Waals surface area contributed by atoms with Gasteiger partial charge in [0.2, 0.25) is 5.91 Å². The third-order valence-corrected chi connectivity index (χ3v) is 6.01. The van der Waals surface area contributed by atoms with Crippen LogP contribution in [0.2, 0.25) is 0 Å². The quantitative estimate of drug-likeness (QED) is 0.787. The van der Waals surface area contributed by atoms with Crippen LogP contribution in [-0.4, -0.2) is 59.5 Å². The molecule has 0 spiro atoms. The summed E-state index contributed by atoms with van der Waals surface area (Å²) < 4.78 is 5.45. The number of ether oxygens (including phenoxy) is 1. The normalized spacial score (nSPS) is 22.0. The summed E-state index contributed by atoms with van der Waals surface area (Å²) in [5, 5.41) is 2.93. The van der Waals surface area contributed by atoms with Crippen LogP contribution < -0.4 is 5.32 Å². The lowest BCUT2D eigenvalue weighted by Crippen LogP contribution is -2.52. The van der Waals surface area contributed by atoms with E-state index in [0.29, 0.717) is 44.6 Å². The fraction of sp³-hybridized carbons (Fsp3) is 0.591. The molecule has 0 aliphatic carbocycles. The van der Waals surface area contributed by atoms with E-state index in [1.54, 1.807) is 4.90 Å². The minimum Gasteiger partial charge on any atom is -0.444 e. The van der Waals surface area contributed by atoms with Crippen molar-refractivity contribution in [2.75, 3.05) is 26.2 Å². The fourth-order valence-electron chi connectivity index (χ4n) is 4.61. The Morgan fingerprint density at radius 1 is 1.14 bits per heavy atom. The van der Waals surface area contributed by atoms with Crippen molar-refractivity contribution in [3.63, 3.8) is 0 Å². The Kier molecular flexibility index (Phi) is 5.00. The summed E-state index contributed by atoms with van der Waals surface area (Å²) >= 11 is 0. The number of benzene rings is 1. The molecule has 1 aromatic carbocycles. The van der Waals surface area contributed by atoms with Crippen LogP contribution in [0.5, 0.6) is 0 Å². The van der Waals surface area contributed by atoms with Gasteiger partial charge in [-0.05, 0) is 57.2 Å². The molecule has 4 rings (SSSR count). The van der Waals surface area contributed by atoms with E-state index in [9.17, 15) is 14.4 Å². The van der Waals surface area contributed by atoms with Crippen LogP contribution in [0.4, 0.5) is 4.79 Å². The zero-order valence-corrected chi connectivity index (χ0v) is 17.4. The standard InChI is InChI=1S/C22H29N3O4/c1-22(2,3)29-21(28)24-10-7-15(8-11-24)20(27)25-12-9-14-5-4-6-16-18(14)17(25)13-23-19(16)26/h4-6,15,17H,7-13H2,1-3H3,(H,23,26). The number of amides is 3. The number of carbonyl (C=O) groups is 3. The van der Waals surface area contributed by atoms with Crippen molar-refractivity contribution in [2.45, 2.75) is 51.7 Å². The van der Waals surface area contributed by atoms with Crippen LogP contribution in [0.15, 0.2) is 18.2 Å². The van der Waals surface area contributed by atoms with E-state index in [0.717, 1.165) is 12.0 Å². The smallest absolute Gasteiger partial charge is 0.410 e. The molecule has 1 unspecified atom stereocenters. The molecule has 3 amide bonds. The summed E-state index contributed by atoms with van der Waals surface area (Å²) in [5.74, 6) is -0.0199. The Morgan fingerprint density at radius 2 is 1.86 bits per heavy atom. The summed E-state index contributed by atoms with van der Waals surface area (Å²) in [7, 11) is 0. The molecule has 29 heavy (non-hydrogen) atoms. The maximum Gasteiger partial charge on any atom is 0.410 e. The molecule has 0 bridgehead atoms. The second kappa shape index (κ2) is 7.35. The van der Waals surface area contributed by atoms with Gasteiger partial charge in [0.15, 0.2) is 0 Å². The van der Waals surface area contributed by atoms with E-state index >= 15 is 0 Å². The number of nitrogens with one attached hydrogen (secondary N) is 1. The molecule has 0 saturated carbocycles. The number of piperidine rings is 1. The maximum absolute atomic E-state index is 13.3. The van der Waals surface area contributed by atoms with E-state index in [1.807, 2.05) is 37.8 Å². The van der Waals surface area contributed by atoms with Crippen LogP contribution in [0.1, 0.15) is 61.1 Å². The Labute approximate surface area is 171 Å². The predicted octanol–water partition coefficient (Wildman–Crippen LogP) is 2.50. The molecule has 0 aromatic heterocycles. The van der Waals surface area contributed by atoms with Gasteiger partial charge in [-0.15, -0.1) is 0 Å². The SMILES string of the molecule is CC(C)(C)OC(=O)N1CCC(C(=O)N2CCc3cccc4c3C2CNC4=O)CC1. The molecule has 3 aliphatic heterocycles. The topological polar surface area (TPSA) is 79.0 Å². The Balaban J connectivity index is 1.44. The van der Waals surface area contributed by atoms with Gasteiger partial charge in [0.05, 0.1) is 6.04 Å². The second-order valence-electron chi connectivity index (χ2n) is 9.13. The summed E-state index contributed by atoms with van der Waals surface area (Å²) in [5.41, 5.74) is 2.36. The van der Waals surface area contributed by atoms with Gasteiger partial charge in [-0.25, -0.2) is 4.79 Å². The average molecular weight is 399 g/mol. The molecule has 156 valence electrons. The minimum atomic E-state index is -0.520. The molecular weight excluding hydrogens is 370 g/mol. The van der Waals surface area contributed by atoms with E-state index in [4.69, 9.17) is 4.74 Å². The van der Waals surface area contributed by atoms with Crippen LogP contribution in [0.25, 0.3) is 0 Å². The maximum atomic E-state index is 13.3. The van der Waals surface area contributed by atoms with Crippen molar-refractivity contribution < 1.29 is 19.1 Å². The average Bonchev–Trinajstić information content (AvgIpc) is 2.69. The molecule has 1 N–H and O–H groups in total. The van der Waals surface area contributed by atoms with Gasteiger partial charge < -0.3 is 19.9 Å². The highest BCUT2D eigenvalue weighted by molar-refractivity contribution is 5.98. The van der Waals surface area contributed by atoms with Gasteiger partial charge in [-0.2, -0.15) is 0 Å². The zero-order valence-electron chi connectivity index (χ0n) is 17.4. The van der Waals surface area contributed by atoms with E-state index in [2.05, 4.69) is 11.4 Å². The number of nitrogens with zero attached hydrogens (tertiary/aromatic N) is 2. The molecule has 1 atom stereocenters. The van der Waals surface area contributed by atoms with Crippen molar-refractivity contribution in [3.05, 3.63) is 34.9 Å². The predicted molar refractivity (Wildman–Crippen MR) is 107 cm³/mol. The highest BCUT2D eigenvalue weighted by Gasteiger charge is 2.40. The third kappa shape index (κ3) is 3.82. The summed E-state index contributed by atoms with van der Waals surface area (Å²) in [6, 6.07) is 5.73. The van der Waals surface area contributed by atoms with Gasteiger partial charge in [0.1, 0.15) is 5.60 Å². The van der Waals surface area contributed by atoms with Crippen LogP contribution >= 0.6 is 0 Å². The van der Waals surface area contributed by atoms with E-state index in [-0.39, 0.29) is 29.9 Å². The molecule has 1 fully saturated rings. The molecule has 3 heterocycles. The Bertz CT molecular complexity index is 837. The first-order valence-electron chi connectivity index (χ1n) is 10.4. The molecule has 0 radical (unpaired) electrons. The lowest BCUT2D eigenvalue weighted by molar-refractivity contribution is -0.140. The van der Waals surface area contributed by atoms with Crippen LogP contribution in [0.3, 0.4) is 0 Å². The summed E-state index contributed by atoms with van der Waals surface area (Å²) in [6.07, 6.45) is 1.75. The van der Waals surface area contributed by atoms with Gasteiger partial charge in [0, 0.05) is 37.7 Å². The van der Waals surface area contributed by atoms with Gasteiger partial charge in [-0.1, -0.05) is 12.1 Å². The minimum absolute atomic E-state index is 0.0573. The molecule has 7 nitrogen and oxygen atoms in total. The summed E-state index contributed by atoms with van der Waals surface area (Å²) in [6.45, 7) is 7.75. The van der Waals surface area contributed by atoms with Crippen LogP contribution in [-0.2, 0) is 16.0 Å². The van der Waals surface area contributed by atoms with Gasteiger partial charge in [-0.3, -0.25) is 9.59 Å².